The van der Waals surface area contributed by atoms with E-state index in [0.29, 0.717) is 22.7 Å². The van der Waals surface area contributed by atoms with Crippen molar-refractivity contribution >= 4 is 39.1 Å². The number of rotatable bonds is 11. The molecule has 1 N–H and O–H groups in total. The Hall–Kier alpha value is -3.43. The zero-order chi connectivity index (χ0) is 28.7. The molecule has 3 aromatic carbocycles. The summed E-state index contributed by atoms with van der Waals surface area (Å²) >= 11 is 5.97. The molecule has 0 saturated carbocycles. The van der Waals surface area contributed by atoms with Crippen LogP contribution in [0.15, 0.2) is 77.7 Å². The van der Waals surface area contributed by atoms with Gasteiger partial charge < -0.3 is 10.2 Å². The number of hydrogen-bond donors (Lipinski definition) is 1. The van der Waals surface area contributed by atoms with Crippen molar-refractivity contribution in [2.75, 3.05) is 10.8 Å². The van der Waals surface area contributed by atoms with E-state index in [-0.39, 0.29) is 23.4 Å². The minimum absolute atomic E-state index is 0.0169. The van der Waals surface area contributed by atoms with Crippen LogP contribution in [-0.4, -0.2) is 43.8 Å². The fourth-order valence-electron chi connectivity index (χ4n) is 3.81. The second-order valence-corrected chi connectivity index (χ2v) is 11.7. The first kappa shape index (κ1) is 30.1. The molecular formula is C29H33ClFN3O4S. The van der Waals surface area contributed by atoms with Gasteiger partial charge in [0.1, 0.15) is 18.4 Å². The quantitative estimate of drug-likeness (QED) is 0.337. The van der Waals surface area contributed by atoms with Gasteiger partial charge in [0, 0.05) is 17.6 Å². The van der Waals surface area contributed by atoms with Crippen LogP contribution < -0.4 is 9.62 Å². The van der Waals surface area contributed by atoms with Gasteiger partial charge in [-0.2, -0.15) is 0 Å². The Bertz CT molecular complexity index is 1380. The van der Waals surface area contributed by atoms with Crippen LogP contribution in [0.3, 0.4) is 0 Å². The zero-order valence-electron chi connectivity index (χ0n) is 22.4. The molecular weight excluding hydrogens is 541 g/mol. The highest BCUT2D eigenvalue weighted by atomic mass is 35.5. The van der Waals surface area contributed by atoms with Crippen molar-refractivity contribution in [2.24, 2.45) is 0 Å². The number of hydrogen-bond acceptors (Lipinski definition) is 4. The Labute approximate surface area is 234 Å². The summed E-state index contributed by atoms with van der Waals surface area (Å²) < 4.78 is 42.1. The molecule has 0 aliphatic carbocycles. The van der Waals surface area contributed by atoms with Gasteiger partial charge in [-0.3, -0.25) is 13.9 Å². The number of nitrogens with zero attached hydrogens (tertiary/aromatic N) is 2. The minimum Gasteiger partial charge on any atom is -0.352 e. The summed E-state index contributed by atoms with van der Waals surface area (Å²) in [6.45, 7) is 6.66. The van der Waals surface area contributed by atoms with Crippen LogP contribution in [0.25, 0.3) is 0 Å². The first-order valence-corrected chi connectivity index (χ1v) is 14.4. The number of sulfonamides is 1. The van der Waals surface area contributed by atoms with Crippen LogP contribution >= 0.6 is 11.6 Å². The average Bonchev–Trinajstić information content (AvgIpc) is 2.91. The Balaban J connectivity index is 2.01. The van der Waals surface area contributed by atoms with Gasteiger partial charge in [-0.25, -0.2) is 12.8 Å². The highest BCUT2D eigenvalue weighted by molar-refractivity contribution is 7.92. The summed E-state index contributed by atoms with van der Waals surface area (Å²) in [6, 6.07) is 17.0. The molecule has 10 heteroatoms. The smallest absolute Gasteiger partial charge is 0.264 e. The number of anilines is 1. The molecule has 0 fully saturated rings. The normalized spacial score (nSPS) is 12.9. The molecule has 0 bridgehead atoms. The van der Waals surface area contributed by atoms with E-state index in [1.54, 1.807) is 31.2 Å². The van der Waals surface area contributed by atoms with Crippen molar-refractivity contribution in [2.45, 2.75) is 57.6 Å². The highest BCUT2D eigenvalue weighted by Crippen LogP contribution is 2.26. The Morgan fingerprint density at radius 3 is 2.10 bits per heavy atom. The molecule has 0 aromatic heterocycles. The number of benzene rings is 3. The first-order chi connectivity index (χ1) is 18.4. The van der Waals surface area contributed by atoms with Crippen molar-refractivity contribution in [1.82, 2.24) is 10.2 Å². The number of nitrogens with one attached hydrogen (secondary N) is 1. The molecule has 0 heterocycles. The Kier molecular flexibility index (Phi) is 10.1. The summed E-state index contributed by atoms with van der Waals surface area (Å²) in [5, 5.41) is 3.25. The molecule has 7 nitrogen and oxygen atoms in total. The van der Waals surface area contributed by atoms with Crippen molar-refractivity contribution in [3.8, 4) is 0 Å². The molecule has 0 spiro atoms. The fraction of sp³-hybridized carbons (Fsp3) is 0.310. The second kappa shape index (κ2) is 13.1. The summed E-state index contributed by atoms with van der Waals surface area (Å²) in [5.41, 5.74) is 1.81. The van der Waals surface area contributed by atoms with Gasteiger partial charge in [0.15, 0.2) is 0 Å². The van der Waals surface area contributed by atoms with Gasteiger partial charge in [-0.15, -0.1) is 0 Å². The number of aryl methyl sites for hydroxylation is 1. The maximum Gasteiger partial charge on any atom is 0.264 e. The number of amides is 2. The average molecular weight is 574 g/mol. The molecule has 0 radical (unpaired) electrons. The molecule has 208 valence electrons. The molecule has 3 aromatic rings. The third-order valence-corrected chi connectivity index (χ3v) is 8.48. The maximum atomic E-state index is 13.8. The predicted octanol–water partition coefficient (Wildman–Crippen LogP) is 5.31. The summed E-state index contributed by atoms with van der Waals surface area (Å²) in [5.74, 6) is -1.40. The monoisotopic (exact) mass is 573 g/mol. The van der Waals surface area contributed by atoms with Crippen LogP contribution in [-0.2, 0) is 26.2 Å². The molecule has 0 saturated heterocycles. The van der Waals surface area contributed by atoms with Crippen molar-refractivity contribution in [3.05, 3.63) is 94.8 Å². The summed E-state index contributed by atoms with van der Waals surface area (Å²) in [7, 11) is -4.18. The van der Waals surface area contributed by atoms with Crippen LogP contribution in [0.2, 0.25) is 5.02 Å². The molecule has 2 atom stereocenters. The lowest BCUT2D eigenvalue weighted by Gasteiger charge is -2.32. The molecule has 2 amide bonds. The second-order valence-electron chi connectivity index (χ2n) is 9.44. The fourth-order valence-corrected chi connectivity index (χ4v) is 5.35. The van der Waals surface area contributed by atoms with Crippen LogP contribution in [0, 0.1) is 12.7 Å². The summed E-state index contributed by atoms with van der Waals surface area (Å²) in [4.78, 5) is 28.2. The van der Waals surface area contributed by atoms with Gasteiger partial charge in [-0.05, 0) is 81.3 Å². The Morgan fingerprint density at radius 1 is 0.949 bits per heavy atom. The van der Waals surface area contributed by atoms with Crippen LogP contribution in [0.5, 0.6) is 0 Å². The topological polar surface area (TPSA) is 86.8 Å². The predicted molar refractivity (Wildman–Crippen MR) is 151 cm³/mol. The van der Waals surface area contributed by atoms with E-state index < -0.39 is 34.3 Å². The van der Waals surface area contributed by atoms with E-state index in [0.717, 1.165) is 9.87 Å². The SMILES string of the molecule is CC[C@@H](C)NC(=O)[C@@H](C)N(Cc1ccc(F)cc1)C(=O)CN(c1ccc(C)cc1)S(=O)(=O)c1ccc(Cl)cc1. The van der Waals surface area contributed by atoms with E-state index in [9.17, 15) is 22.4 Å². The molecule has 39 heavy (non-hydrogen) atoms. The van der Waals surface area contributed by atoms with Gasteiger partial charge in [-0.1, -0.05) is 48.4 Å². The maximum absolute atomic E-state index is 13.8. The number of carbonyl (C=O) groups excluding carboxylic acids is 2. The van der Waals surface area contributed by atoms with Gasteiger partial charge in [0.05, 0.1) is 10.6 Å². The molecule has 0 aliphatic heterocycles. The molecule has 3 rings (SSSR count). The van der Waals surface area contributed by atoms with E-state index in [2.05, 4.69) is 5.32 Å². The van der Waals surface area contributed by atoms with E-state index in [1.807, 2.05) is 20.8 Å². The lowest BCUT2D eigenvalue weighted by atomic mass is 10.1. The van der Waals surface area contributed by atoms with Crippen molar-refractivity contribution in [1.29, 1.82) is 0 Å². The van der Waals surface area contributed by atoms with Crippen molar-refractivity contribution < 1.29 is 22.4 Å². The van der Waals surface area contributed by atoms with Crippen LogP contribution in [0.4, 0.5) is 10.1 Å². The molecule has 0 aliphatic rings. The third-order valence-electron chi connectivity index (χ3n) is 6.44. The van der Waals surface area contributed by atoms with Crippen LogP contribution in [0.1, 0.15) is 38.3 Å². The lowest BCUT2D eigenvalue weighted by Crippen LogP contribution is -2.52. The molecule has 0 unspecified atom stereocenters. The number of halogens is 2. The van der Waals surface area contributed by atoms with Gasteiger partial charge >= 0.3 is 0 Å². The first-order valence-electron chi connectivity index (χ1n) is 12.6. The van der Waals surface area contributed by atoms with Gasteiger partial charge in [0.2, 0.25) is 11.8 Å². The largest absolute Gasteiger partial charge is 0.352 e. The van der Waals surface area contributed by atoms with E-state index >= 15 is 0 Å². The minimum atomic E-state index is -4.18. The van der Waals surface area contributed by atoms with E-state index in [4.69, 9.17) is 11.6 Å². The summed E-state index contributed by atoms with van der Waals surface area (Å²) in [6.07, 6.45) is 0.699. The lowest BCUT2D eigenvalue weighted by molar-refractivity contribution is -0.139. The third kappa shape index (κ3) is 7.80. The van der Waals surface area contributed by atoms with Crippen molar-refractivity contribution in [3.63, 3.8) is 0 Å². The van der Waals surface area contributed by atoms with Gasteiger partial charge in [0.25, 0.3) is 10.0 Å². The highest BCUT2D eigenvalue weighted by Gasteiger charge is 2.32. The standard InChI is InChI=1S/C29H33ClFN3O4S/c1-5-21(3)32-29(36)22(4)33(18-23-8-12-25(31)13-9-23)28(35)19-34(26-14-6-20(2)7-15-26)39(37,38)27-16-10-24(30)11-17-27/h6-17,21-22H,5,18-19H2,1-4H3,(H,32,36)/t21-,22-/m1/s1. The Morgan fingerprint density at radius 2 is 1.54 bits per heavy atom. The zero-order valence-corrected chi connectivity index (χ0v) is 24.0. The van der Waals surface area contributed by atoms with E-state index in [1.165, 1.54) is 53.4 Å². The number of carbonyl (C=O) groups is 2.